The van der Waals surface area contributed by atoms with Gasteiger partial charge < -0.3 is 5.11 Å². The van der Waals surface area contributed by atoms with Crippen molar-refractivity contribution < 1.29 is 9.50 Å². The lowest BCUT2D eigenvalue weighted by Gasteiger charge is -2.31. The smallest absolute Gasteiger partial charge is 0.123 e. The molecular formula is C13H19ClFNO. The number of benzene rings is 1. The van der Waals surface area contributed by atoms with Crippen LogP contribution in [0.15, 0.2) is 24.3 Å². The molecule has 0 radical (unpaired) electrons. The Bertz CT molecular complexity index is 331. The highest BCUT2D eigenvalue weighted by molar-refractivity contribution is 5.85. The van der Waals surface area contributed by atoms with Crippen LogP contribution in [0.3, 0.4) is 0 Å². The van der Waals surface area contributed by atoms with Crippen LogP contribution < -0.4 is 0 Å². The van der Waals surface area contributed by atoms with Gasteiger partial charge in [0.15, 0.2) is 0 Å². The van der Waals surface area contributed by atoms with E-state index in [-0.39, 0.29) is 24.8 Å². The maximum Gasteiger partial charge on any atom is 0.123 e. The standard InChI is InChI=1S/C13H18FNO.ClH/c14-13-5-3-11(4-6-13)8-15-7-1-2-12(9-15)10-16;/h3-6,12,16H,1-2,7-10H2;1H. The van der Waals surface area contributed by atoms with Crippen LogP contribution >= 0.6 is 12.4 Å². The molecule has 2 nitrogen and oxygen atoms in total. The SMILES string of the molecule is Cl.OCC1CCCN(Cc2ccc(F)cc2)C1. The largest absolute Gasteiger partial charge is 0.396 e. The van der Waals surface area contributed by atoms with Crippen LogP contribution in [-0.2, 0) is 6.54 Å². The number of aliphatic hydroxyl groups excluding tert-OH is 1. The lowest BCUT2D eigenvalue weighted by molar-refractivity contribution is 0.116. The van der Waals surface area contributed by atoms with Crippen molar-refractivity contribution in [1.82, 2.24) is 4.90 Å². The fraction of sp³-hybridized carbons (Fsp3) is 0.538. The minimum Gasteiger partial charge on any atom is -0.396 e. The summed E-state index contributed by atoms with van der Waals surface area (Å²) in [5.74, 6) is 0.227. The highest BCUT2D eigenvalue weighted by atomic mass is 35.5. The normalized spacial score (nSPS) is 20.9. The Balaban J connectivity index is 0.00000144. The molecule has 1 fully saturated rings. The second-order valence-corrected chi connectivity index (χ2v) is 4.55. The van der Waals surface area contributed by atoms with Crippen LogP contribution in [-0.4, -0.2) is 29.7 Å². The van der Waals surface area contributed by atoms with E-state index in [0.29, 0.717) is 5.92 Å². The zero-order valence-corrected chi connectivity index (χ0v) is 10.6. The van der Waals surface area contributed by atoms with Gasteiger partial charge in [-0.25, -0.2) is 4.39 Å². The molecule has 1 unspecified atom stereocenters. The maximum atomic E-state index is 12.7. The van der Waals surface area contributed by atoms with Gasteiger partial charge in [-0.15, -0.1) is 12.4 Å². The van der Waals surface area contributed by atoms with Crippen molar-refractivity contribution >= 4 is 12.4 Å². The zero-order valence-electron chi connectivity index (χ0n) is 9.81. The highest BCUT2D eigenvalue weighted by Crippen LogP contribution is 2.18. The molecule has 1 N–H and O–H groups in total. The molecule has 0 saturated carbocycles. The van der Waals surface area contributed by atoms with E-state index in [1.807, 2.05) is 12.1 Å². The van der Waals surface area contributed by atoms with Crippen LogP contribution in [0, 0.1) is 11.7 Å². The number of piperidine rings is 1. The molecule has 0 amide bonds. The first-order valence-electron chi connectivity index (χ1n) is 5.85. The molecule has 1 aliphatic heterocycles. The number of halogens is 2. The molecule has 17 heavy (non-hydrogen) atoms. The van der Waals surface area contributed by atoms with Gasteiger partial charge in [-0.3, -0.25) is 4.90 Å². The third-order valence-corrected chi connectivity index (χ3v) is 3.18. The van der Waals surface area contributed by atoms with Crippen molar-refractivity contribution in [1.29, 1.82) is 0 Å². The summed E-state index contributed by atoms with van der Waals surface area (Å²) in [5, 5.41) is 9.14. The van der Waals surface area contributed by atoms with Crippen LogP contribution in [0.1, 0.15) is 18.4 Å². The molecular weight excluding hydrogens is 241 g/mol. The van der Waals surface area contributed by atoms with Gasteiger partial charge in [0.25, 0.3) is 0 Å². The first kappa shape index (κ1) is 14.4. The van der Waals surface area contributed by atoms with Gasteiger partial charge in [0, 0.05) is 19.7 Å². The summed E-state index contributed by atoms with van der Waals surface area (Å²) < 4.78 is 12.7. The Hall–Kier alpha value is -0.640. The van der Waals surface area contributed by atoms with Gasteiger partial charge in [-0.05, 0) is 43.0 Å². The van der Waals surface area contributed by atoms with Crippen LogP contribution in [0.25, 0.3) is 0 Å². The summed E-state index contributed by atoms with van der Waals surface area (Å²) in [6, 6.07) is 6.67. The Morgan fingerprint density at radius 3 is 2.65 bits per heavy atom. The number of hydrogen-bond acceptors (Lipinski definition) is 2. The van der Waals surface area contributed by atoms with Crippen molar-refractivity contribution in [2.75, 3.05) is 19.7 Å². The van der Waals surface area contributed by atoms with Crippen LogP contribution in [0.5, 0.6) is 0 Å². The molecule has 0 bridgehead atoms. The van der Waals surface area contributed by atoms with Crippen molar-refractivity contribution in [3.63, 3.8) is 0 Å². The molecule has 1 aromatic carbocycles. The van der Waals surface area contributed by atoms with E-state index in [0.717, 1.165) is 38.0 Å². The second kappa shape index (κ2) is 6.94. The Morgan fingerprint density at radius 2 is 2.00 bits per heavy atom. The number of rotatable bonds is 3. The fourth-order valence-electron chi connectivity index (χ4n) is 2.29. The first-order chi connectivity index (χ1) is 7.78. The van der Waals surface area contributed by atoms with Crippen molar-refractivity contribution in [2.45, 2.75) is 19.4 Å². The molecule has 1 aromatic rings. The lowest BCUT2D eigenvalue weighted by atomic mass is 9.98. The molecule has 1 aliphatic rings. The molecule has 96 valence electrons. The van der Waals surface area contributed by atoms with E-state index < -0.39 is 0 Å². The molecule has 0 aliphatic carbocycles. The Morgan fingerprint density at radius 1 is 1.29 bits per heavy atom. The Labute approximate surface area is 108 Å². The van der Waals surface area contributed by atoms with E-state index in [1.54, 1.807) is 0 Å². The summed E-state index contributed by atoms with van der Waals surface area (Å²) >= 11 is 0. The first-order valence-corrected chi connectivity index (χ1v) is 5.85. The monoisotopic (exact) mass is 259 g/mol. The summed E-state index contributed by atoms with van der Waals surface area (Å²) in [7, 11) is 0. The summed E-state index contributed by atoms with van der Waals surface area (Å²) in [6.45, 7) is 3.17. The summed E-state index contributed by atoms with van der Waals surface area (Å²) in [5.41, 5.74) is 1.14. The predicted octanol–water partition coefficient (Wildman–Crippen LogP) is 2.45. The topological polar surface area (TPSA) is 23.5 Å². The molecule has 1 saturated heterocycles. The van der Waals surface area contributed by atoms with E-state index in [4.69, 9.17) is 5.11 Å². The van der Waals surface area contributed by atoms with E-state index in [9.17, 15) is 4.39 Å². The average Bonchev–Trinajstić information content (AvgIpc) is 2.32. The molecule has 1 heterocycles. The van der Waals surface area contributed by atoms with Crippen LogP contribution in [0.4, 0.5) is 4.39 Å². The predicted molar refractivity (Wildman–Crippen MR) is 68.7 cm³/mol. The quantitative estimate of drug-likeness (QED) is 0.901. The van der Waals surface area contributed by atoms with E-state index >= 15 is 0 Å². The van der Waals surface area contributed by atoms with E-state index in [1.165, 1.54) is 12.1 Å². The molecule has 4 heteroatoms. The number of likely N-dealkylation sites (tertiary alicyclic amines) is 1. The summed E-state index contributed by atoms with van der Waals surface area (Å²) in [4.78, 5) is 2.33. The zero-order chi connectivity index (χ0) is 11.4. The highest BCUT2D eigenvalue weighted by Gasteiger charge is 2.18. The third-order valence-electron chi connectivity index (χ3n) is 3.18. The average molecular weight is 260 g/mol. The van der Waals surface area contributed by atoms with Crippen molar-refractivity contribution in [3.05, 3.63) is 35.6 Å². The summed E-state index contributed by atoms with van der Waals surface area (Å²) in [6.07, 6.45) is 2.27. The van der Waals surface area contributed by atoms with Crippen molar-refractivity contribution in [3.8, 4) is 0 Å². The van der Waals surface area contributed by atoms with Gasteiger partial charge in [0.05, 0.1) is 0 Å². The fourth-order valence-corrected chi connectivity index (χ4v) is 2.29. The van der Waals surface area contributed by atoms with Gasteiger partial charge in [0.1, 0.15) is 5.82 Å². The minimum atomic E-state index is -0.185. The van der Waals surface area contributed by atoms with Gasteiger partial charge in [-0.1, -0.05) is 12.1 Å². The molecule has 1 atom stereocenters. The second-order valence-electron chi connectivity index (χ2n) is 4.55. The van der Waals surface area contributed by atoms with E-state index in [2.05, 4.69) is 4.90 Å². The van der Waals surface area contributed by atoms with Crippen molar-refractivity contribution in [2.24, 2.45) is 5.92 Å². The molecule has 0 aromatic heterocycles. The van der Waals surface area contributed by atoms with Gasteiger partial charge >= 0.3 is 0 Å². The maximum absolute atomic E-state index is 12.7. The van der Waals surface area contributed by atoms with Gasteiger partial charge in [0.2, 0.25) is 0 Å². The lowest BCUT2D eigenvalue weighted by Crippen LogP contribution is -2.36. The van der Waals surface area contributed by atoms with Crippen LogP contribution in [0.2, 0.25) is 0 Å². The number of aliphatic hydroxyl groups is 1. The Kier molecular flexibility index (Phi) is 5.89. The number of nitrogens with zero attached hydrogens (tertiary/aromatic N) is 1. The third kappa shape index (κ3) is 4.26. The number of hydrogen-bond donors (Lipinski definition) is 1. The molecule has 2 rings (SSSR count). The minimum absolute atomic E-state index is 0. The molecule has 0 spiro atoms. The van der Waals surface area contributed by atoms with Gasteiger partial charge in [-0.2, -0.15) is 0 Å².